The molecule has 14 rings (SSSR count). The molecule has 0 N–H and O–H groups in total. The minimum atomic E-state index is 0.862. The van der Waals surface area contributed by atoms with Crippen molar-refractivity contribution in [3.63, 3.8) is 0 Å². The van der Waals surface area contributed by atoms with Crippen molar-refractivity contribution in [2.45, 2.75) is 0 Å². The smallest absolute Gasteiger partial charge is 0.143 e. The summed E-state index contributed by atoms with van der Waals surface area (Å²) in [6, 6.07) is 89.7. The Balaban J connectivity index is 1.01. The number of hydrogen-bond donors (Lipinski definition) is 0. The molecule has 322 valence electrons. The summed E-state index contributed by atoms with van der Waals surface area (Å²) in [5.74, 6) is 0. The second kappa shape index (κ2) is 15.7. The van der Waals surface area contributed by atoms with Crippen molar-refractivity contribution < 1.29 is 8.83 Å². The van der Waals surface area contributed by atoms with Crippen LogP contribution in [0.1, 0.15) is 0 Å². The molecule has 0 radical (unpaired) electrons. The van der Waals surface area contributed by atoms with Crippen molar-refractivity contribution >= 4 is 93.3 Å². The Hall–Kier alpha value is -9.18. The van der Waals surface area contributed by atoms with Crippen LogP contribution in [-0.4, -0.2) is 0 Å². The minimum absolute atomic E-state index is 0.862. The number of nitrogens with zero attached hydrogens (tertiary/aromatic N) is 1. The Morgan fingerprint density at radius 2 is 0.870 bits per heavy atom. The highest BCUT2D eigenvalue weighted by Crippen LogP contribution is 2.49. The number of anilines is 3. The van der Waals surface area contributed by atoms with Gasteiger partial charge in [-0.25, -0.2) is 0 Å². The van der Waals surface area contributed by atoms with Crippen molar-refractivity contribution in [1.29, 1.82) is 0 Å². The first-order valence-corrected chi connectivity index (χ1v) is 23.6. The number of para-hydroxylation sites is 2. The average Bonchev–Trinajstić information content (AvgIpc) is 4.00. The van der Waals surface area contributed by atoms with Crippen LogP contribution in [0, 0.1) is 0 Å². The van der Waals surface area contributed by atoms with Crippen LogP contribution in [0.25, 0.3) is 121 Å². The van der Waals surface area contributed by atoms with Gasteiger partial charge in [0.05, 0.1) is 11.4 Å². The normalized spacial score (nSPS) is 11.8. The Labute approximate surface area is 398 Å². The van der Waals surface area contributed by atoms with Crippen LogP contribution in [0.3, 0.4) is 0 Å². The summed E-state index contributed by atoms with van der Waals surface area (Å²) in [6.45, 7) is 0. The van der Waals surface area contributed by atoms with Crippen LogP contribution in [0.5, 0.6) is 0 Å². The fourth-order valence-electron chi connectivity index (χ4n) is 10.8. The number of furan rings is 2. The predicted octanol–water partition coefficient (Wildman–Crippen LogP) is 19.1. The molecule has 0 fully saturated rings. The van der Waals surface area contributed by atoms with Crippen molar-refractivity contribution in [3.8, 4) is 44.5 Å². The maximum atomic E-state index is 6.78. The summed E-state index contributed by atoms with van der Waals surface area (Å²) < 4.78 is 13.1. The van der Waals surface area contributed by atoms with E-state index in [0.29, 0.717) is 0 Å². The third-order valence-electron chi connectivity index (χ3n) is 14.1. The summed E-state index contributed by atoms with van der Waals surface area (Å²) in [7, 11) is 0. The molecule has 0 bridgehead atoms. The molecule has 0 spiro atoms. The van der Waals surface area contributed by atoms with E-state index in [4.69, 9.17) is 8.83 Å². The molecule has 0 saturated carbocycles. The molecule has 3 nitrogen and oxygen atoms in total. The first-order chi connectivity index (χ1) is 34.2. The van der Waals surface area contributed by atoms with Crippen molar-refractivity contribution in [3.05, 3.63) is 249 Å². The fraction of sp³-hybridized carbons (Fsp3) is 0. The number of rotatable bonds is 7. The van der Waals surface area contributed by atoms with Crippen molar-refractivity contribution in [2.24, 2.45) is 0 Å². The van der Waals surface area contributed by atoms with E-state index in [1.54, 1.807) is 0 Å². The second-order valence-electron chi connectivity index (χ2n) is 17.9. The number of benzene rings is 12. The van der Waals surface area contributed by atoms with E-state index >= 15 is 0 Å². The number of hydrogen-bond acceptors (Lipinski definition) is 3. The van der Waals surface area contributed by atoms with E-state index in [9.17, 15) is 0 Å². The maximum absolute atomic E-state index is 6.78. The molecule has 2 aromatic heterocycles. The van der Waals surface area contributed by atoms with Gasteiger partial charge < -0.3 is 13.7 Å². The minimum Gasteiger partial charge on any atom is -0.456 e. The quantitative estimate of drug-likeness (QED) is 0.149. The molecule has 0 atom stereocenters. The summed E-state index contributed by atoms with van der Waals surface area (Å²) in [5, 5.41) is 11.7. The topological polar surface area (TPSA) is 29.5 Å². The SMILES string of the molecule is c1ccc(-c2ccc(-c3cccc4c3ccc3ccccc34)cc2N(c2ccc(-c3ccc4c(c3)oc3ccccc34)cc2)c2ccccc2-c2cccc3oc4c5ccccc5ccc4c23)cc1. The first kappa shape index (κ1) is 39.0. The highest BCUT2D eigenvalue weighted by atomic mass is 16.3. The van der Waals surface area contributed by atoms with Gasteiger partial charge in [0, 0.05) is 43.7 Å². The Bertz CT molecular complexity index is 4310. The van der Waals surface area contributed by atoms with E-state index in [0.717, 1.165) is 111 Å². The predicted molar refractivity (Wildman–Crippen MR) is 290 cm³/mol. The van der Waals surface area contributed by atoms with Crippen LogP contribution in [-0.2, 0) is 0 Å². The molecule has 0 amide bonds. The number of fused-ring (bicyclic) bond motifs is 11. The summed E-state index contributed by atoms with van der Waals surface area (Å²) in [6.07, 6.45) is 0. The van der Waals surface area contributed by atoms with Gasteiger partial charge in [-0.15, -0.1) is 0 Å². The zero-order chi connectivity index (χ0) is 45.4. The lowest BCUT2D eigenvalue weighted by atomic mass is 9.91. The molecule has 0 aliphatic carbocycles. The highest BCUT2D eigenvalue weighted by molar-refractivity contribution is 6.20. The molecule has 0 aliphatic heterocycles. The molecule has 3 heteroatoms. The van der Waals surface area contributed by atoms with Gasteiger partial charge in [-0.3, -0.25) is 0 Å². The second-order valence-corrected chi connectivity index (χ2v) is 17.9. The Morgan fingerprint density at radius 1 is 0.261 bits per heavy atom. The average molecular weight is 880 g/mol. The zero-order valence-corrected chi connectivity index (χ0v) is 37.4. The molecule has 2 heterocycles. The largest absolute Gasteiger partial charge is 0.456 e. The van der Waals surface area contributed by atoms with Crippen LogP contribution in [0.2, 0.25) is 0 Å². The summed E-state index contributed by atoms with van der Waals surface area (Å²) in [5.41, 5.74) is 15.7. The molecule has 0 unspecified atom stereocenters. The third-order valence-corrected chi connectivity index (χ3v) is 14.1. The van der Waals surface area contributed by atoms with Gasteiger partial charge in [0.15, 0.2) is 0 Å². The maximum Gasteiger partial charge on any atom is 0.143 e. The van der Waals surface area contributed by atoms with Gasteiger partial charge >= 0.3 is 0 Å². The van der Waals surface area contributed by atoms with Gasteiger partial charge in [-0.1, -0.05) is 194 Å². The lowest BCUT2D eigenvalue weighted by Crippen LogP contribution is -2.13. The molecular weight excluding hydrogens is 839 g/mol. The first-order valence-electron chi connectivity index (χ1n) is 23.6. The van der Waals surface area contributed by atoms with Gasteiger partial charge in [-0.05, 0) is 115 Å². The van der Waals surface area contributed by atoms with E-state index < -0.39 is 0 Å². The van der Waals surface area contributed by atoms with E-state index in [1.807, 2.05) is 12.1 Å². The Kier molecular flexibility index (Phi) is 8.90. The lowest BCUT2D eigenvalue weighted by molar-refractivity contribution is 0.669. The fourth-order valence-corrected chi connectivity index (χ4v) is 10.8. The van der Waals surface area contributed by atoms with Crippen molar-refractivity contribution in [2.75, 3.05) is 4.90 Å². The van der Waals surface area contributed by atoms with E-state index in [2.05, 4.69) is 241 Å². The van der Waals surface area contributed by atoms with Crippen LogP contribution in [0.4, 0.5) is 17.1 Å². The molecule has 12 aromatic carbocycles. The zero-order valence-electron chi connectivity index (χ0n) is 37.4. The van der Waals surface area contributed by atoms with Gasteiger partial charge in [0.2, 0.25) is 0 Å². The van der Waals surface area contributed by atoms with Gasteiger partial charge in [-0.2, -0.15) is 0 Å². The molecular formula is C66H41NO2. The summed E-state index contributed by atoms with van der Waals surface area (Å²) in [4.78, 5) is 2.46. The summed E-state index contributed by atoms with van der Waals surface area (Å²) >= 11 is 0. The molecule has 0 saturated heterocycles. The van der Waals surface area contributed by atoms with Crippen LogP contribution >= 0.6 is 0 Å². The molecule has 14 aromatic rings. The van der Waals surface area contributed by atoms with Gasteiger partial charge in [0.1, 0.15) is 22.3 Å². The van der Waals surface area contributed by atoms with Gasteiger partial charge in [0.25, 0.3) is 0 Å². The standard InChI is InChI=1S/C66H41NO2/c1-2-14-43(15-3-1)51-36-33-47(50-22-12-23-53-49-18-6-4-16-44(49)30-37-54(50)53)40-61(51)67(48-34-28-42(29-35-48)46-32-38-57-56-21-9-11-26-62(56)68-64(57)41-46)60-25-10-8-20-55(60)58-24-13-27-63-65(58)59-39-31-45-17-5-7-19-52(45)66(59)69-63/h1-41H. The molecule has 0 aliphatic rings. The highest BCUT2D eigenvalue weighted by Gasteiger charge is 2.24. The van der Waals surface area contributed by atoms with E-state index in [1.165, 1.54) is 27.1 Å². The van der Waals surface area contributed by atoms with Crippen molar-refractivity contribution in [1.82, 2.24) is 0 Å². The van der Waals surface area contributed by atoms with Crippen LogP contribution < -0.4 is 4.90 Å². The monoisotopic (exact) mass is 879 g/mol. The third kappa shape index (κ3) is 6.36. The van der Waals surface area contributed by atoms with E-state index in [-0.39, 0.29) is 0 Å². The lowest BCUT2D eigenvalue weighted by Gasteiger charge is -2.31. The Morgan fingerprint density at radius 3 is 1.74 bits per heavy atom. The van der Waals surface area contributed by atoms with Crippen LogP contribution in [0.15, 0.2) is 258 Å². The molecule has 69 heavy (non-hydrogen) atoms.